The number of piperidine rings is 3. The molecule has 0 aliphatic carbocycles. The highest BCUT2D eigenvalue weighted by molar-refractivity contribution is 5.94. The van der Waals surface area contributed by atoms with Crippen molar-refractivity contribution in [3.8, 4) is 51.7 Å². The highest BCUT2D eigenvalue weighted by Crippen LogP contribution is 2.40. The lowest BCUT2D eigenvalue weighted by Crippen LogP contribution is -2.38. The van der Waals surface area contributed by atoms with Crippen LogP contribution in [0.2, 0.25) is 0 Å². The van der Waals surface area contributed by atoms with E-state index in [-0.39, 0.29) is 87.1 Å². The van der Waals surface area contributed by atoms with E-state index in [4.69, 9.17) is 59.8 Å². The first-order chi connectivity index (χ1) is 46.9. The molecule has 0 radical (unpaired) electrons. The zero-order valence-electron chi connectivity index (χ0n) is 56.1. The summed E-state index contributed by atoms with van der Waals surface area (Å²) in [5.41, 5.74) is 20.4. The minimum atomic E-state index is -4.37. The summed E-state index contributed by atoms with van der Waals surface area (Å²) in [6.07, 6.45) is -0.0662. The smallest absolute Gasteiger partial charge is 0.394 e. The lowest BCUT2D eigenvalue weighted by Gasteiger charge is -2.32. The van der Waals surface area contributed by atoms with Gasteiger partial charge >= 0.3 is 18.5 Å². The third-order valence-corrected chi connectivity index (χ3v) is 17.0. The fourth-order valence-electron chi connectivity index (χ4n) is 10.9. The third kappa shape index (κ3) is 20.4. The van der Waals surface area contributed by atoms with Gasteiger partial charge in [0, 0.05) is 111 Å². The number of halogens is 9. The second-order valence-electron chi connectivity index (χ2n) is 23.7. The third-order valence-electron chi connectivity index (χ3n) is 17.0. The van der Waals surface area contributed by atoms with Gasteiger partial charge in [-0.2, -0.15) is 39.5 Å². The summed E-state index contributed by atoms with van der Waals surface area (Å²) in [6, 6.07) is 9.20. The van der Waals surface area contributed by atoms with E-state index in [1.54, 1.807) is 72.8 Å². The molecule has 9 rings (SSSR count). The van der Waals surface area contributed by atoms with E-state index >= 15 is 0 Å². The van der Waals surface area contributed by atoms with Crippen LogP contribution in [0.3, 0.4) is 0 Å². The number of carbonyl (C=O) groups is 3. The molecule has 6 N–H and O–H groups in total. The predicted octanol–water partition coefficient (Wildman–Crippen LogP) is 11.0. The van der Waals surface area contributed by atoms with Crippen LogP contribution in [0.5, 0.6) is 51.7 Å². The topological polar surface area (TPSA) is 299 Å². The first-order valence-electron chi connectivity index (χ1n) is 31.4. The van der Waals surface area contributed by atoms with Crippen LogP contribution >= 0.6 is 0 Å². The van der Waals surface area contributed by atoms with Crippen molar-refractivity contribution < 1.29 is 96.5 Å². The number of hydrogen-bond acceptors (Lipinski definition) is 21. The normalized spacial score (nSPS) is 15.8. The first kappa shape index (κ1) is 76.6. The highest BCUT2D eigenvalue weighted by Gasteiger charge is 2.40. The SMILES string of the molecule is COc1cc(C(=O)N2CCC(c3cnc(N)cc3OC)CC2)ncc1OCC(C)C(F)(F)F.COc1cc(C(=O)N2CCC(c3cnc(N)cc3OC)CC2)ncc1OC[C@@H](C)C(F)(F)F.COc1cc(C(=O)N2CCC(c3cnc(N)cc3OC)CC2)ncc1OC[C@H](C)C(F)(F)F. The molecule has 6 aromatic heterocycles. The average molecular weight is 1410 g/mol. The van der Waals surface area contributed by atoms with Gasteiger partial charge in [0.15, 0.2) is 34.5 Å². The van der Waals surface area contributed by atoms with Gasteiger partial charge in [-0.25, -0.2) is 29.9 Å². The molecule has 0 aromatic carbocycles. The van der Waals surface area contributed by atoms with Crippen LogP contribution in [0.25, 0.3) is 0 Å². The van der Waals surface area contributed by atoms with Crippen molar-refractivity contribution in [3.63, 3.8) is 0 Å². The molecule has 24 nitrogen and oxygen atoms in total. The summed E-state index contributed by atoms with van der Waals surface area (Å²) in [7, 11) is 8.78. The van der Waals surface area contributed by atoms with E-state index in [2.05, 4.69) is 29.9 Å². The Hall–Kier alpha value is -9.72. The van der Waals surface area contributed by atoms with Gasteiger partial charge in [0.05, 0.1) is 98.8 Å². The molecule has 3 fully saturated rings. The zero-order chi connectivity index (χ0) is 72.5. The van der Waals surface area contributed by atoms with Gasteiger partial charge < -0.3 is 74.5 Å². The monoisotopic (exact) mass is 1400 g/mol. The van der Waals surface area contributed by atoms with E-state index in [1.807, 2.05) is 0 Å². The molecule has 3 saturated heterocycles. The number of ether oxygens (including phenoxy) is 9. The van der Waals surface area contributed by atoms with Crippen LogP contribution in [0.4, 0.5) is 57.0 Å². The molecule has 3 atom stereocenters. The molecule has 3 aliphatic heterocycles. The molecule has 0 saturated carbocycles. The fraction of sp³-hybridized carbons (Fsp3) is 0.500. The van der Waals surface area contributed by atoms with Gasteiger partial charge in [-0.1, -0.05) is 20.8 Å². The Morgan fingerprint density at radius 3 is 0.798 bits per heavy atom. The molecule has 3 amide bonds. The predicted molar refractivity (Wildman–Crippen MR) is 344 cm³/mol. The Morgan fingerprint density at radius 2 is 0.596 bits per heavy atom. The number of hydrogen-bond donors (Lipinski definition) is 3. The minimum absolute atomic E-state index is 0.0480. The van der Waals surface area contributed by atoms with Gasteiger partial charge in [0.25, 0.3) is 17.7 Å². The van der Waals surface area contributed by atoms with Gasteiger partial charge in [-0.05, 0) is 56.3 Å². The van der Waals surface area contributed by atoms with Crippen LogP contribution in [0, 0.1) is 17.8 Å². The number of amides is 3. The Kier molecular flexibility index (Phi) is 26.5. The summed E-state index contributed by atoms with van der Waals surface area (Å²) in [6.45, 7) is 4.36. The van der Waals surface area contributed by atoms with Crippen molar-refractivity contribution >= 4 is 35.2 Å². The molecule has 540 valence electrons. The Morgan fingerprint density at radius 1 is 0.374 bits per heavy atom. The van der Waals surface area contributed by atoms with Crippen LogP contribution in [0.1, 0.15) is 125 Å². The van der Waals surface area contributed by atoms with Gasteiger partial charge in [0.1, 0.15) is 51.8 Å². The molecule has 3 aliphatic rings. The van der Waals surface area contributed by atoms with E-state index in [0.29, 0.717) is 112 Å². The molecule has 0 spiro atoms. The zero-order valence-corrected chi connectivity index (χ0v) is 56.1. The van der Waals surface area contributed by atoms with Crippen molar-refractivity contribution in [1.82, 2.24) is 44.6 Å². The van der Waals surface area contributed by atoms with Crippen LogP contribution in [-0.4, -0.2) is 183 Å². The maximum absolute atomic E-state index is 13.0. The van der Waals surface area contributed by atoms with Crippen molar-refractivity contribution in [2.24, 2.45) is 17.8 Å². The van der Waals surface area contributed by atoms with E-state index in [9.17, 15) is 53.9 Å². The average Bonchev–Trinajstić information content (AvgIpc) is 0.825. The molecular weight excluding hydrogens is 1320 g/mol. The maximum atomic E-state index is 13.0. The number of nitrogen functional groups attached to an aromatic ring is 3. The van der Waals surface area contributed by atoms with Gasteiger partial charge in [-0.15, -0.1) is 0 Å². The largest absolute Gasteiger partial charge is 0.496 e. The van der Waals surface area contributed by atoms with Crippen molar-refractivity contribution in [2.75, 3.05) is 119 Å². The molecule has 1 unspecified atom stereocenters. The van der Waals surface area contributed by atoms with Gasteiger partial charge in [-0.3, -0.25) is 14.4 Å². The quantitative estimate of drug-likeness (QED) is 0.0564. The summed E-state index contributed by atoms with van der Waals surface area (Å²) in [5, 5.41) is 0. The van der Waals surface area contributed by atoms with Crippen molar-refractivity contribution in [2.45, 2.75) is 95.6 Å². The van der Waals surface area contributed by atoms with Crippen molar-refractivity contribution in [3.05, 3.63) is 107 Å². The number of nitrogens with two attached hydrogens (primary N) is 3. The summed E-state index contributed by atoms with van der Waals surface area (Å²) in [5.74, 6) is -1.56. The van der Waals surface area contributed by atoms with Crippen LogP contribution < -0.4 is 59.8 Å². The maximum Gasteiger partial charge on any atom is 0.394 e. The minimum Gasteiger partial charge on any atom is -0.496 e. The fourth-order valence-corrected chi connectivity index (χ4v) is 10.9. The molecular formula is C66H81F9N12O12. The molecule has 99 heavy (non-hydrogen) atoms. The number of alkyl halides is 9. The number of likely N-dealkylation sites (tertiary alicyclic amines) is 3. The van der Waals surface area contributed by atoms with E-state index in [1.165, 1.54) is 58.1 Å². The number of anilines is 3. The number of methoxy groups -OCH3 is 6. The molecule has 0 bridgehead atoms. The first-order valence-corrected chi connectivity index (χ1v) is 31.4. The van der Waals surface area contributed by atoms with Crippen LogP contribution in [-0.2, 0) is 0 Å². The Labute approximate surface area is 565 Å². The molecule has 33 heteroatoms. The Bertz CT molecular complexity index is 3310. The summed E-state index contributed by atoms with van der Waals surface area (Å²) in [4.78, 5) is 68.6. The van der Waals surface area contributed by atoms with E-state index < -0.39 is 56.1 Å². The number of aromatic nitrogens is 6. The van der Waals surface area contributed by atoms with Gasteiger partial charge in [0.2, 0.25) is 0 Å². The lowest BCUT2D eigenvalue weighted by atomic mass is 9.89. The lowest BCUT2D eigenvalue weighted by molar-refractivity contribution is -0.177. The molecule has 6 aromatic rings. The summed E-state index contributed by atoms with van der Waals surface area (Å²) < 4.78 is 162. The van der Waals surface area contributed by atoms with E-state index in [0.717, 1.165) is 37.5 Å². The second-order valence-corrected chi connectivity index (χ2v) is 23.7. The number of nitrogens with zero attached hydrogens (tertiary/aromatic N) is 9. The standard InChI is InChI=1S/3C22H27F3N4O4/c3*1-13(22(23,24)25)12-33-19-11-27-16(8-18(19)32-3)21(30)29-6-4-14(5-7-29)15-10-28-20(26)9-17(15)31-2/h3*8-11,13-14H,4-7,12H2,1-3H3,(H2,26,28)/t2*13-;/m10./s1. The number of carbonyl (C=O) groups excluding carboxylic acids is 3. The Balaban J connectivity index is 0.000000209. The number of pyridine rings is 6. The summed E-state index contributed by atoms with van der Waals surface area (Å²) >= 11 is 0. The van der Waals surface area contributed by atoms with Crippen LogP contribution in [0.15, 0.2) is 73.6 Å². The van der Waals surface area contributed by atoms with Crippen molar-refractivity contribution in [1.29, 1.82) is 0 Å². The number of rotatable bonds is 21. The molecule has 9 heterocycles. The highest BCUT2D eigenvalue weighted by atomic mass is 19.4. The second kappa shape index (κ2) is 34.2.